The second-order valence-corrected chi connectivity index (χ2v) is 6.21. The van der Waals surface area contributed by atoms with E-state index >= 15 is 0 Å². The lowest BCUT2D eigenvalue weighted by Crippen LogP contribution is -2.27. The summed E-state index contributed by atoms with van der Waals surface area (Å²) in [5, 5.41) is 6.49. The molecule has 1 aliphatic carbocycles. The van der Waals surface area contributed by atoms with Gasteiger partial charge in [-0.1, -0.05) is 37.3 Å². The second kappa shape index (κ2) is 7.27. The monoisotopic (exact) mass is 310 g/mol. The highest BCUT2D eigenvalue weighted by atomic mass is 16.5. The van der Waals surface area contributed by atoms with Gasteiger partial charge in [0, 0.05) is 5.71 Å². The molecule has 1 atom stereocenters. The Morgan fingerprint density at radius 2 is 2.09 bits per heavy atom. The molecule has 1 saturated carbocycles. The zero-order valence-corrected chi connectivity index (χ0v) is 13.4. The van der Waals surface area contributed by atoms with E-state index in [0.29, 0.717) is 11.7 Å². The summed E-state index contributed by atoms with van der Waals surface area (Å²) < 4.78 is 5.56. The molecule has 1 aliphatic rings. The fourth-order valence-electron chi connectivity index (χ4n) is 2.94. The van der Waals surface area contributed by atoms with Crippen LogP contribution in [0.4, 0.5) is 0 Å². The third-order valence-corrected chi connectivity index (χ3v) is 4.18. The molecule has 1 N–H and O–H groups in total. The maximum absolute atomic E-state index is 11.9. The highest BCUT2D eigenvalue weighted by Gasteiger charge is 2.14. The maximum atomic E-state index is 11.9. The number of nitrogens with zero attached hydrogens (tertiary/aromatic N) is 1. The van der Waals surface area contributed by atoms with Gasteiger partial charge >= 0.3 is 0 Å². The Morgan fingerprint density at radius 1 is 1.26 bits per heavy atom. The molecule has 0 saturated heterocycles. The molecule has 0 aliphatic heterocycles. The minimum atomic E-state index is -0.219. The average molecular weight is 310 g/mol. The van der Waals surface area contributed by atoms with Gasteiger partial charge in [-0.3, -0.25) is 4.79 Å². The van der Waals surface area contributed by atoms with E-state index in [1.54, 1.807) is 0 Å². The van der Waals surface area contributed by atoms with E-state index in [1.165, 1.54) is 6.42 Å². The van der Waals surface area contributed by atoms with Gasteiger partial charge < -0.3 is 4.74 Å². The number of fused-ring (bicyclic) bond motifs is 1. The first-order chi connectivity index (χ1) is 11.2. The molecule has 0 heterocycles. The Hall–Kier alpha value is -2.36. The third-order valence-electron chi connectivity index (χ3n) is 4.18. The summed E-state index contributed by atoms with van der Waals surface area (Å²) in [6.45, 7) is 2.20. The zero-order chi connectivity index (χ0) is 16.1. The van der Waals surface area contributed by atoms with Crippen LogP contribution in [0.1, 0.15) is 32.6 Å². The van der Waals surface area contributed by atoms with Crippen LogP contribution in [0.3, 0.4) is 0 Å². The van der Waals surface area contributed by atoms with Crippen LogP contribution < -0.4 is 10.2 Å². The van der Waals surface area contributed by atoms with Crippen molar-refractivity contribution >= 4 is 22.4 Å². The van der Waals surface area contributed by atoms with Crippen molar-refractivity contribution in [2.24, 2.45) is 11.0 Å². The van der Waals surface area contributed by atoms with Crippen LogP contribution in [-0.2, 0) is 4.79 Å². The fourth-order valence-corrected chi connectivity index (χ4v) is 2.94. The molecule has 0 aromatic heterocycles. The van der Waals surface area contributed by atoms with Gasteiger partial charge in [-0.15, -0.1) is 0 Å². The Kier molecular flexibility index (Phi) is 4.91. The number of rotatable bonds is 4. The number of carbonyl (C=O) groups excluding carboxylic acids is 1. The molecule has 2 aromatic rings. The number of hydrazone groups is 1. The molecule has 1 unspecified atom stereocenters. The average Bonchev–Trinajstić information content (AvgIpc) is 2.58. The molecule has 4 heteroatoms. The van der Waals surface area contributed by atoms with Gasteiger partial charge in [-0.05, 0) is 54.5 Å². The molecule has 0 spiro atoms. The zero-order valence-electron chi connectivity index (χ0n) is 13.4. The van der Waals surface area contributed by atoms with Crippen LogP contribution in [0.15, 0.2) is 47.6 Å². The topological polar surface area (TPSA) is 50.7 Å². The van der Waals surface area contributed by atoms with Crippen LogP contribution in [0, 0.1) is 5.92 Å². The van der Waals surface area contributed by atoms with Gasteiger partial charge in [0.25, 0.3) is 5.91 Å². The summed E-state index contributed by atoms with van der Waals surface area (Å²) in [5.41, 5.74) is 3.69. The summed E-state index contributed by atoms with van der Waals surface area (Å²) >= 11 is 0. The number of benzene rings is 2. The van der Waals surface area contributed by atoms with Crippen molar-refractivity contribution in [1.82, 2.24) is 5.43 Å². The van der Waals surface area contributed by atoms with E-state index < -0.39 is 0 Å². The highest BCUT2D eigenvalue weighted by Crippen LogP contribution is 2.21. The van der Waals surface area contributed by atoms with Crippen LogP contribution in [0.5, 0.6) is 5.75 Å². The molecular weight excluding hydrogens is 288 g/mol. The predicted octanol–water partition coefficient (Wildman–Crippen LogP) is 3.90. The molecule has 1 amide bonds. The molecule has 0 radical (unpaired) electrons. The molecule has 3 rings (SSSR count). The van der Waals surface area contributed by atoms with Crippen molar-refractivity contribution in [3.8, 4) is 5.75 Å². The van der Waals surface area contributed by atoms with Gasteiger partial charge in [0.2, 0.25) is 0 Å². The van der Waals surface area contributed by atoms with Gasteiger partial charge in [-0.2, -0.15) is 5.10 Å². The standard InChI is InChI=1S/C19H22N2O2/c1-14-5-4-8-17(11-14)20-21-19(22)13-23-18-10-9-15-6-2-3-7-16(15)12-18/h2-3,6-7,9-10,12,14H,4-5,8,11,13H2,1H3,(H,21,22). The number of nitrogens with one attached hydrogen (secondary N) is 1. The molecular formula is C19H22N2O2. The van der Waals surface area contributed by atoms with Crippen molar-refractivity contribution < 1.29 is 9.53 Å². The number of hydrogen-bond acceptors (Lipinski definition) is 3. The second-order valence-electron chi connectivity index (χ2n) is 6.21. The lowest BCUT2D eigenvalue weighted by atomic mass is 9.89. The molecule has 120 valence electrons. The van der Waals surface area contributed by atoms with E-state index in [9.17, 15) is 4.79 Å². The Labute approximate surface area is 136 Å². The highest BCUT2D eigenvalue weighted by molar-refractivity contribution is 5.87. The van der Waals surface area contributed by atoms with Gasteiger partial charge in [0.1, 0.15) is 5.75 Å². The smallest absolute Gasteiger partial charge is 0.277 e. The SMILES string of the molecule is CC1CCCC(=NNC(=O)COc2ccc3ccccc3c2)C1. The summed E-state index contributed by atoms with van der Waals surface area (Å²) in [6.07, 6.45) is 4.36. The molecule has 2 aromatic carbocycles. The van der Waals surface area contributed by atoms with Gasteiger partial charge in [0.05, 0.1) is 0 Å². The van der Waals surface area contributed by atoms with Crippen molar-refractivity contribution in [2.45, 2.75) is 32.6 Å². The van der Waals surface area contributed by atoms with E-state index in [-0.39, 0.29) is 12.5 Å². The molecule has 4 nitrogen and oxygen atoms in total. The number of carbonyl (C=O) groups is 1. The minimum Gasteiger partial charge on any atom is -0.484 e. The van der Waals surface area contributed by atoms with E-state index in [4.69, 9.17) is 4.74 Å². The number of hydrogen-bond donors (Lipinski definition) is 1. The Balaban J connectivity index is 1.52. The Morgan fingerprint density at radius 3 is 2.91 bits per heavy atom. The van der Waals surface area contributed by atoms with Crippen molar-refractivity contribution in [3.05, 3.63) is 42.5 Å². The van der Waals surface area contributed by atoms with E-state index in [2.05, 4.69) is 17.5 Å². The van der Waals surface area contributed by atoms with Crippen molar-refractivity contribution in [1.29, 1.82) is 0 Å². The van der Waals surface area contributed by atoms with Gasteiger partial charge in [-0.25, -0.2) is 5.43 Å². The van der Waals surface area contributed by atoms with E-state index in [1.807, 2.05) is 42.5 Å². The number of amides is 1. The number of ether oxygens (including phenoxy) is 1. The normalized spacial score (nSPS) is 19.7. The van der Waals surface area contributed by atoms with Crippen LogP contribution in [0.25, 0.3) is 10.8 Å². The summed E-state index contributed by atoms with van der Waals surface area (Å²) in [4.78, 5) is 11.9. The summed E-state index contributed by atoms with van der Waals surface area (Å²) in [7, 11) is 0. The molecule has 0 bridgehead atoms. The van der Waals surface area contributed by atoms with Crippen molar-refractivity contribution in [2.75, 3.05) is 6.61 Å². The largest absolute Gasteiger partial charge is 0.484 e. The van der Waals surface area contributed by atoms with Crippen LogP contribution in [-0.4, -0.2) is 18.2 Å². The minimum absolute atomic E-state index is 0.0231. The van der Waals surface area contributed by atoms with Gasteiger partial charge in [0.15, 0.2) is 6.61 Å². The Bertz CT molecular complexity index is 724. The molecule has 1 fully saturated rings. The quantitative estimate of drug-likeness (QED) is 0.871. The van der Waals surface area contributed by atoms with Crippen LogP contribution >= 0.6 is 0 Å². The first kappa shape index (κ1) is 15.5. The van der Waals surface area contributed by atoms with Crippen molar-refractivity contribution in [3.63, 3.8) is 0 Å². The first-order valence-electron chi connectivity index (χ1n) is 8.16. The lowest BCUT2D eigenvalue weighted by Gasteiger charge is -2.18. The summed E-state index contributed by atoms with van der Waals surface area (Å²) in [5.74, 6) is 1.13. The fraction of sp³-hybridized carbons (Fsp3) is 0.368. The lowest BCUT2D eigenvalue weighted by molar-refractivity contribution is -0.123. The summed E-state index contributed by atoms with van der Waals surface area (Å²) in [6, 6.07) is 13.9. The first-order valence-corrected chi connectivity index (χ1v) is 8.16. The predicted molar refractivity (Wildman–Crippen MR) is 92.7 cm³/mol. The maximum Gasteiger partial charge on any atom is 0.277 e. The molecule has 23 heavy (non-hydrogen) atoms. The van der Waals surface area contributed by atoms with Crippen LogP contribution in [0.2, 0.25) is 0 Å². The third kappa shape index (κ3) is 4.31. The van der Waals surface area contributed by atoms with E-state index in [0.717, 1.165) is 35.7 Å².